The Balaban J connectivity index is 2.82. The first-order valence-electron chi connectivity index (χ1n) is 4.04. The quantitative estimate of drug-likeness (QED) is 0.742. The third-order valence-electron chi connectivity index (χ3n) is 1.35. The number of nitrogens with zero attached hydrogens (tertiary/aromatic N) is 1. The highest BCUT2D eigenvalue weighted by Gasteiger charge is 2.00. The summed E-state index contributed by atoms with van der Waals surface area (Å²) < 4.78 is 9.94. The molecule has 0 aliphatic carbocycles. The lowest BCUT2D eigenvalue weighted by atomic mass is 10.5. The van der Waals surface area contributed by atoms with Crippen molar-refractivity contribution in [3.63, 3.8) is 0 Å². The Kier molecular flexibility index (Phi) is 3.31. The fourth-order valence-corrected chi connectivity index (χ4v) is 0.786. The lowest BCUT2D eigenvalue weighted by molar-refractivity contribution is 0.283. The van der Waals surface area contributed by atoms with Crippen molar-refractivity contribution in [2.24, 2.45) is 0 Å². The Morgan fingerprint density at radius 1 is 1.62 bits per heavy atom. The van der Waals surface area contributed by atoms with Crippen LogP contribution in [0.3, 0.4) is 0 Å². The predicted molar refractivity (Wildman–Crippen MR) is 47.2 cm³/mol. The molecule has 0 saturated carbocycles. The minimum Gasteiger partial charge on any atom is -0.481 e. The predicted octanol–water partition coefficient (Wildman–Crippen LogP) is 0.567. The fourth-order valence-electron chi connectivity index (χ4n) is 0.786. The van der Waals surface area contributed by atoms with Crippen LogP contribution in [0.4, 0.5) is 0 Å². The minimum absolute atomic E-state index is 0.200. The molecule has 0 fully saturated rings. The third-order valence-corrected chi connectivity index (χ3v) is 1.35. The zero-order chi connectivity index (χ0) is 9.68. The van der Waals surface area contributed by atoms with E-state index in [1.807, 2.05) is 6.92 Å². The molecule has 0 atom stereocenters. The summed E-state index contributed by atoms with van der Waals surface area (Å²) in [6.07, 6.45) is 0.862. The van der Waals surface area contributed by atoms with Crippen LogP contribution in [0.2, 0.25) is 0 Å². The molecule has 0 aliphatic rings. The average molecular weight is 184 g/mol. The average Bonchev–Trinajstić information content (AvgIpc) is 2.14. The van der Waals surface area contributed by atoms with Crippen LogP contribution in [-0.2, 0) is 0 Å². The maximum atomic E-state index is 11.0. The molecule has 1 aromatic heterocycles. The Morgan fingerprint density at radius 2 is 2.38 bits per heavy atom. The van der Waals surface area contributed by atoms with Crippen molar-refractivity contribution in [2.75, 3.05) is 13.7 Å². The maximum Gasteiger partial charge on any atom is 0.299 e. The van der Waals surface area contributed by atoms with Gasteiger partial charge in [-0.25, -0.2) is 0 Å². The van der Waals surface area contributed by atoms with Gasteiger partial charge in [0.25, 0.3) is 11.6 Å². The van der Waals surface area contributed by atoms with Crippen LogP contribution in [0.15, 0.2) is 10.9 Å². The van der Waals surface area contributed by atoms with E-state index in [2.05, 4.69) is 9.97 Å². The number of nitrogens with one attached hydrogen (secondary N) is 1. The first kappa shape index (κ1) is 9.57. The molecule has 0 unspecified atom stereocenters. The van der Waals surface area contributed by atoms with Gasteiger partial charge < -0.3 is 9.47 Å². The van der Waals surface area contributed by atoms with E-state index in [0.717, 1.165) is 6.42 Å². The van der Waals surface area contributed by atoms with Gasteiger partial charge in [0.1, 0.15) is 0 Å². The summed E-state index contributed by atoms with van der Waals surface area (Å²) in [5, 5.41) is 0. The monoisotopic (exact) mass is 184 g/mol. The van der Waals surface area contributed by atoms with Gasteiger partial charge in [-0.2, -0.15) is 4.98 Å². The molecule has 72 valence electrons. The molecule has 1 N–H and O–H groups in total. The molecule has 13 heavy (non-hydrogen) atoms. The Hall–Kier alpha value is -1.52. The molecule has 0 aromatic carbocycles. The Labute approximate surface area is 75.7 Å². The number of hydrogen-bond acceptors (Lipinski definition) is 4. The molecule has 0 spiro atoms. The van der Waals surface area contributed by atoms with Crippen LogP contribution in [0.1, 0.15) is 13.3 Å². The van der Waals surface area contributed by atoms with Crippen LogP contribution in [0.25, 0.3) is 0 Å². The fraction of sp³-hybridized carbons (Fsp3) is 0.500. The Bertz CT molecular complexity index is 321. The van der Waals surface area contributed by atoms with Gasteiger partial charge in [0, 0.05) is 0 Å². The molecule has 5 heteroatoms. The second-order valence-corrected chi connectivity index (χ2v) is 2.44. The molecule has 0 bridgehead atoms. The molecule has 0 amide bonds. The van der Waals surface area contributed by atoms with Crippen molar-refractivity contribution in [3.05, 3.63) is 16.4 Å². The summed E-state index contributed by atoms with van der Waals surface area (Å²) in [5.41, 5.74) is -0.280. The number of H-pyrrole nitrogens is 1. The summed E-state index contributed by atoms with van der Waals surface area (Å²) in [6.45, 7) is 2.49. The molecule has 1 heterocycles. The minimum atomic E-state index is -0.280. The van der Waals surface area contributed by atoms with Crippen LogP contribution < -0.4 is 15.0 Å². The molecule has 5 nitrogen and oxygen atoms in total. The number of aromatic amines is 1. The molecule has 1 aromatic rings. The summed E-state index contributed by atoms with van der Waals surface area (Å²) in [5.74, 6) is 0.259. The zero-order valence-electron chi connectivity index (χ0n) is 7.66. The van der Waals surface area contributed by atoms with Gasteiger partial charge in [-0.15, -0.1) is 0 Å². The molecule has 0 saturated heterocycles. The molecule has 0 aliphatic heterocycles. The van der Waals surface area contributed by atoms with Gasteiger partial charge in [-0.05, 0) is 6.42 Å². The van der Waals surface area contributed by atoms with E-state index in [-0.39, 0.29) is 17.4 Å². The summed E-state index contributed by atoms with van der Waals surface area (Å²) in [4.78, 5) is 17.3. The highest BCUT2D eigenvalue weighted by molar-refractivity contribution is 5.10. The van der Waals surface area contributed by atoms with E-state index in [1.54, 1.807) is 0 Å². The molecular weight excluding hydrogens is 172 g/mol. The van der Waals surface area contributed by atoms with E-state index < -0.39 is 0 Å². The van der Waals surface area contributed by atoms with Gasteiger partial charge in [-0.3, -0.25) is 9.78 Å². The van der Waals surface area contributed by atoms with Crippen molar-refractivity contribution in [1.29, 1.82) is 0 Å². The van der Waals surface area contributed by atoms with Crippen molar-refractivity contribution in [1.82, 2.24) is 9.97 Å². The second kappa shape index (κ2) is 4.49. The van der Waals surface area contributed by atoms with Crippen LogP contribution in [-0.4, -0.2) is 23.7 Å². The molecular formula is C8H12N2O3. The van der Waals surface area contributed by atoms with Gasteiger partial charge in [0.05, 0.1) is 19.8 Å². The summed E-state index contributed by atoms with van der Waals surface area (Å²) >= 11 is 0. The summed E-state index contributed by atoms with van der Waals surface area (Å²) in [6, 6.07) is 1.46. The maximum absolute atomic E-state index is 11.0. The highest BCUT2D eigenvalue weighted by Crippen LogP contribution is 2.05. The lowest BCUT2D eigenvalue weighted by Crippen LogP contribution is -2.10. The largest absolute Gasteiger partial charge is 0.481 e. The number of aromatic nitrogens is 2. The van der Waals surface area contributed by atoms with Crippen molar-refractivity contribution in [3.8, 4) is 11.9 Å². The topological polar surface area (TPSA) is 64.2 Å². The van der Waals surface area contributed by atoms with Gasteiger partial charge in [-0.1, -0.05) is 6.92 Å². The number of rotatable bonds is 4. The van der Waals surface area contributed by atoms with Crippen LogP contribution in [0.5, 0.6) is 11.9 Å². The van der Waals surface area contributed by atoms with Crippen LogP contribution >= 0.6 is 0 Å². The number of hydrogen-bond donors (Lipinski definition) is 1. The normalized spacial score (nSPS) is 9.69. The van der Waals surface area contributed by atoms with E-state index >= 15 is 0 Å². The Morgan fingerprint density at radius 3 is 3.00 bits per heavy atom. The zero-order valence-corrected chi connectivity index (χ0v) is 7.66. The first-order chi connectivity index (χ1) is 6.26. The van der Waals surface area contributed by atoms with Gasteiger partial charge in [0.15, 0.2) is 0 Å². The highest BCUT2D eigenvalue weighted by atomic mass is 16.5. The third kappa shape index (κ3) is 2.77. The second-order valence-electron chi connectivity index (χ2n) is 2.44. The van der Waals surface area contributed by atoms with Crippen molar-refractivity contribution >= 4 is 0 Å². The molecule has 0 radical (unpaired) electrons. The van der Waals surface area contributed by atoms with Crippen molar-refractivity contribution < 1.29 is 9.47 Å². The van der Waals surface area contributed by atoms with E-state index in [1.165, 1.54) is 13.2 Å². The standard InChI is InChI=1S/C8H12N2O3/c1-3-4-13-8-9-6(11)5-7(10-8)12-2/h5H,3-4H2,1-2H3,(H,9,10,11). The first-order valence-corrected chi connectivity index (χ1v) is 4.04. The van der Waals surface area contributed by atoms with E-state index in [9.17, 15) is 4.79 Å². The van der Waals surface area contributed by atoms with E-state index in [4.69, 9.17) is 9.47 Å². The lowest BCUT2D eigenvalue weighted by Gasteiger charge is -2.03. The van der Waals surface area contributed by atoms with Gasteiger partial charge >= 0.3 is 0 Å². The van der Waals surface area contributed by atoms with E-state index in [0.29, 0.717) is 6.61 Å². The smallest absolute Gasteiger partial charge is 0.299 e. The van der Waals surface area contributed by atoms with Crippen molar-refractivity contribution in [2.45, 2.75) is 13.3 Å². The number of methoxy groups -OCH3 is 1. The van der Waals surface area contributed by atoms with Crippen LogP contribution in [0, 0.1) is 0 Å². The SMILES string of the molecule is CCCOc1nc(OC)cc(=O)[nH]1. The van der Waals surface area contributed by atoms with Gasteiger partial charge in [0.2, 0.25) is 5.88 Å². The molecule has 1 rings (SSSR count). The summed E-state index contributed by atoms with van der Waals surface area (Å²) in [7, 11) is 1.45. The number of ether oxygens (including phenoxy) is 2.